The Balaban J connectivity index is 2.38. The molecule has 116 valence electrons. The molecular weight excluding hydrogens is 264 g/mol. The van der Waals surface area contributed by atoms with Crippen molar-refractivity contribution in [3.05, 3.63) is 23.4 Å². The lowest BCUT2D eigenvalue weighted by molar-refractivity contribution is 0.0687. The molecule has 2 rings (SSSR count). The van der Waals surface area contributed by atoms with Crippen LogP contribution in [-0.2, 0) is 5.41 Å². The zero-order chi connectivity index (χ0) is 15.8. The third-order valence-electron chi connectivity index (χ3n) is 4.08. The third kappa shape index (κ3) is 3.55. The van der Waals surface area contributed by atoms with Gasteiger partial charge in [-0.05, 0) is 35.3 Å². The van der Waals surface area contributed by atoms with Crippen LogP contribution in [0.4, 0.5) is 5.82 Å². The molecular formula is C17H26N2O2. The third-order valence-corrected chi connectivity index (χ3v) is 4.08. The summed E-state index contributed by atoms with van der Waals surface area (Å²) in [4.78, 5) is 18.2. The van der Waals surface area contributed by atoms with E-state index in [1.54, 1.807) is 0 Å². The van der Waals surface area contributed by atoms with Gasteiger partial charge in [-0.15, -0.1) is 0 Å². The molecule has 0 spiro atoms. The van der Waals surface area contributed by atoms with Gasteiger partial charge < -0.3 is 10.0 Å². The number of rotatable bonds is 2. The van der Waals surface area contributed by atoms with E-state index in [4.69, 9.17) is 0 Å². The van der Waals surface area contributed by atoms with Gasteiger partial charge in [0.05, 0.1) is 0 Å². The van der Waals surface area contributed by atoms with Crippen molar-refractivity contribution in [2.75, 3.05) is 18.0 Å². The number of carboxylic acid groups (broad SMARTS) is 1. The molecule has 0 unspecified atom stereocenters. The number of aromatic carboxylic acids is 1. The lowest BCUT2D eigenvalue weighted by Gasteiger charge is -2.36. The zero-order valence-corrected chi connectivity index (χ0v) is 13.7. The maximum Gasteiger partial charge on any atom is 0.354 e. The molecule has 1 fully saturated rings. The summed E-state index contributed by atoms with van der Waals surface area (Å²) in [7, 11) is 0. The average molecular weight is 290 g/mol. The second-order valence-corrected chi connectivity index (χ2v) is 7.47. The van der Waals surface area contributed by atoms with Gasteiger partial charge in [-0.2, -0.15) is 0 Å². The summed E-state index contributed by atoms with van der Waals surface area (Å²) in [6, 6.07) is 3.90. The van der Waals surface area contributed by atoms with Crippen molar-refractivity contribution in [1.82, 2.24) is 4.98 Å². The summed E-state index contributed by atoms with van der Waals surface area (Å²) >= 11 is 0. The molecule has 0 radical (unpaired) electrons. The van der Waals surface area contributed by atoms with Crippen LogP contribution in [0.25, 0.3) is 0 Å². The summed E-state index contributed by atoms with van der Waals surface area (Å²) < 4.78 is 0. The minimum Gasteiger partial charge on any atom is -0.477 e. The van der Waals surface area contributed by atoms with Crippen LogP contribution >= 0.6 is 0 Å². The number of pyridine rings is 1. The maximum absolute atomic E-state index is 11.6. The molecule has 0 saturated carbocycles. The molecule has 0 aromatic carbocycles. The molecule has 1 aromatic heterocycles. The molecule has 2 heterocycles. The summed E-state index contributed by atoms with van der Waals surface area (Å²) in [6.45, 7) is 12.4. The second kappa shape index (κ2) is 5.66. The topological polar surface area (TPSA) is 53.4 Å². The maximum atomic E-state index is 11.6. The molecule has 1 N–H and O–H groups in total. The lowest BCUT2D eigenvalue weighted by atomic mass is 9.85. The first-order valence-corrected chi connectivity index (χ1v) is 7.68. The van der Waals surface area contributed by atoms with E-state index >= 15 is 0 Å². The van der Waals surface area contributed by atoms with Crippen molar-refractivity contribution in [2.45, 2.75) is 46.5 Å². The zero-order valence-electron chi connectivity index (χ0n) is 13.7. The van der Waals surface area contributed by atoms with Gasteiger partial charge in [0.15, 0.2) is 5.69 Å². The number of piperidine rings is 1. The van der Waals surface area contributed by atoms with Gasteiger partial charge in [-0.1, -0.05) is 40.7 Å². The molecule has 1 saturated heterocycles. The fourth-order valence-electron chi connectivity index (χ4n) is 3.24. The molecule has 0 aliphatic carbocycles. The normalized spacial score (nSPS) is 23.2. The molecule has 1 aliphatic heterocycles. The Morgan fingerprint density at radius 1 is 1.24 bits per heavy atom. The van der Waals surface area contributed by atoms with Crippen LogP contribution in [0.2, 0.25) is 0 Å². The molecule has 4 nitrogen and oxygen atoms in total. The van der Waals surface area contributed by atoms with E-state index in [1.807, 2.05) is 32.9 Å². The quantitative estimate of drug-likeness (QED) is 0.905. The van der Waals surface area contributed by atoms with Crippen molar-refractivity contribution in [3.8, 4) is 0 Å². The van der Waals surface area contributed by atoms with Gasteiger partial charge in [0.1, 0.15) is 5.82 Å². The fraction of sp³-hybridized carbons (Fsp3) is 0.647. The highest BCUT2D eigenvalue weighted by atomic mass is 16.4. The Bertz CT molecular complexity index is 524. The van der Waals surface area contributed by atoms with Gasteiger partial charge in [-0.25, -0.2) is 9.78 Å². The van der Waals surface area contributed by atoms with Crippen LogP contribution in [-0.4, -0.2) is 29.1 Å². The lowest BCUT2D eigenvalue weighted by Crippen LogP contribution is -2.39. The molecule has 2 atom stereocenters. The van der Waals surface area contributed by atoms with Crippen LogP contribution < -0.4 is 4.90 Å². The number of carboxylic acids is 1. The van der Waals surface area contributed by atoms with Crippen molar-refractivity contribution >= 4 is 11.8 Å². The first-order chi connectivity index (χ1) is 9.68. The monoisotopic (exact) mass is 290 g/mol. The predicted octanol–water partition coefficient (Wildman–Crippen LogP) is 3.56. The Hall–Kier alpha value is -1.58. The molecule has 1 aliphatic rings. The van der Waals surface area contributed by atoms with E-state index in [2.05, 4.69) is 23.7 Å². The Morgan fingerprint density at radius 2 is 1.81 bits per heavy atom. The van der Waals surface area contributed by atoms with Crippen molar-refractivity contribution in [1.29, 1.82) is 0 Å². The van der Waals surface area contributed by atoms with E-state index in [0.717, 1.165) is 24.5 Å². The number of carbonyl (C=O) groups is 1. The minimum absolute atomic E-state index is 0.186. The number of anilines is 1. The van der Waals surface area contributed by atoms with Gasteiger partial charge in [-0.3, -0.25) is 0 Å². The Morgan fingerprint density at radius 3 is 2.29 bits per heavy atom. The molecule has 1 aromatic rings. The molecule has 0 bridgehead atoms. The number of aromatic nitrogens is 1. The summed E-state index contributed by atoms with van der Waals surface area (Å²) in [5.74, 6) is 1.08. The van der Waals surface area contributed by atoms with Crippen LogP contribution in [0.5, 0.6) is 0 Å². The fourth-order valence-corrected chi connectivity index (χ4v) is 3.24. The first-order valence-electron chi connectivity index (χ1n) is 7.68. The van der Waals surface area contributed by atoms with Crippen molar-refractivity contribution in [3.63, 3.8) is 0 Å². The second-order valence-electron chi connectivity index (χ2n) is 7.47. The standard InChI is InChI=1S/C17H26N2O2/c1-11-8-12(2)10-19(9-11)14-7-6-13(17(3,4)5)15(18-14)16(20)21/h6-7,11-12H,8-10H2,1-5H3,(H,20,21)/t11-,12+. The van der Waals surface area contributed by atoms with Crippen LogP contribution in [0.3, 0.4) is 0 Å². The van der Waals surface area contributed by atoms with Crippen LogP contribution in [0.15, 0.2) is 12.1 Å². The van der Waals surface area contributed by atoms with Gasteiger partial charge in [0.25, 0.3) is 0 Å². The largest absolute Gasteiger partial charge is 0.477 e. The highest BCUT2D eigenvalue weighted by molar-refractivity contribution is 5.88. The summed E-state index contributed by atoms with van der Waals surface area (Å²) in [6.07, 6.45) is 1.22. The average Bonchev–Trinajstić information content (AvgIpc) is 2.35. The van der Waals surface area contributed by atoms with Crippen LogP contribution in [0.1, 0.15) is 57.1 Å². The van der Waals surface area contributed by atoms with Crippen molar-refractivity contribution in [2.24, 2.45) is 11.8 Å². The van der Waals surface area contributed by atoms with E-state index < -0.39 is 5.97 Å². The Kier molecular flexibility index (Phi) is 4.26. The van der Waals surface area contributed by atoms with Crippen LogP contribution in [0, 0.1) is 11.8 Å². The minimum atomic E-state index is -0.945. The van der Waals surface area contributed by atoms with Crippen molar-refractivity contribution < 1.29 is 9.90 Å². The van der Waals surface area contributed by atoms with E-state index in [1.165, 1.54) is 6.42 Å². The summed E-state index contributed by atoms with van der Waals surface area (Å²) in [5, 5.41) is 9.47. The van der Waals surface area contributed by atoms with E-state index in [-0.39, 0.29) is 11.1 Å². The highest BCUT2D eigenvalue weighted by Crippen LogP contribution is 2.29. The van der Waals surface area contributed by atoms with Gasteiger partial charge in [0, 0.05) is 13.1 Å². The predicted molar refractivity (Wildman–Crippen MR) is 85.1 cm³/mol. The molecule has 0 amide bonds. The van der Waals surface area contributed by atoms with Gasteiger partial charge >= 0.3 is 5.97 Å². The Labute approximate surface area is 127 Å². The smallest absolute Gasteiger partial charge is 0.354 e. The first kappa shape index (κ1) is 15.8. The number of hydrogen-bond donors (Lipinski definition) is 1. The highest BCUT2D eigenvalue weighted by Gasteiger charge is 2.27. The number of nitrogens with zero attached hydrogens (tertiary/aromatic N) is 2. The van der Waals surface area contributed by atoms with Gasteiger partial charge in [0.2, 0.25) is 0 Å². The van der Waals surface area contributed by atoms with E-state index in [9.17, 15) is 9.90 Å². The SMILES string of the molecule is C[C@@H]1C[C@H](C)CN(c2ccc(C(C)(C)C)c(C(=O)O)n2)C1. The number of hydrogen-bond acceptors (Lipinski definition) is 3. The molecule has 21 heavy (non-hydrogen) atoms. The van der Waals surface area contributed by atoms with E-state index in [0.29, 0.717) is 11.8 Å². The summed E-state index contributed by atoms with van der Waals surface area (Å²) in [5.41, 5.74) is 0.754. The molecule has 4 heteroatoms.